The summed E-state index contributed by atoms with van der Waals surface area (Å²) >= 11 is 0. The summed E-state index contributed by atoms with van der Waals surface area (Å²) in [6, 6.07) is 21.2. The van der Waals surface area contributed by atoms with Crippen LogP contribution in [0.2, 0.25) is 0 Å². The average Bonchev–Trinajstić information content (AvgIpc) is 3.40. The Kier molecular flexibility index (Phi) is 5.19. The molecule has 1 aliphatic rings. The number of aliphatic hydroxyl groups excluding tert-OH is 1. The van der Waals surface area contributed by atoms with Gasteiger partial charge in [0.2, 0.25) is 0 Å². The van der Waals surface area contributed by atoms with Gasteiger partial charge >= 0.3 is 0 Å². The molecule has 1 aliphatic carbocycles. The molecule has 2 aromatic heterocycles. The predicted octanol–water partition coefficient (Wildman–Crippen LogP) is 5.12. The first-order valence-corrected chi connectivity index (χ1v) is 10.8. The molecule has 5 rings (SSSR count). The van der Waals surface area contributed by atoms with E-state index in [0.29, 0.717) is 6.54 Å². The third-order valence-corrected chi connectivity index (χ3v) is 6.33. The van der Waals surface area contributed by atoms with Crippen molar-refractivity contribution in [3.8, 4) is 0 Å². The highest BCUT2D eigenvalue weighted by molar-refractivity contribution is 5.86. The Morgan fingerprint density at radius 2 is 1.93 bits per heavy atom. The number of aromatic nitrogens is 1. The summed E-state index contributed by atoms with van der Waals surface area (Å²) in [6.07, 6.45) is 4.19. The zero-order valence-electron chi connectivity index (χ0n) is 17.3. The Bertz CT molecular complexity index is 1130. The predicted molar refractivity (Wildman–Crippen MR) is 119 cm³/mol. The number of hydrogen-bond donors (Lipinski definition) is 2. The number of para-hydroxylation sites is 1. The molecular formula is C26H28N2O2. The van der Waals surface area contributed by atoms with E-state index in [2.05, 4.69) is 65.3 Å². The molecule has 0 radical (unpaired) electrons. The number of benzene rings is 2. The molecule has 0 saturated heterocycles. The number of fused-ring (bicyclic) bond motifs is 3. The molecule has 0 aliphatic heterocycles. The van der Waals surface area contributed by atoms with E-state index in [0.717, 1.165) is 31.6 Å². The number of rotatable bonds is 6. The zero-order valence-corrected chi connectivity index (χ0v) is 17.3. The van der Waals surface area contributed by atoms with Crippen molar-refractivity contribution in [3.63, 3.8) is 0 Å². The number of aryl methyl sites for hydroxylation is 1. The molecule has 0 fully saturated rings. The third-order valence-electron chi connectivity index (χ3n) is 6.33. The molecule has 2 N–H and O–H groups in total. The van der Waals surface area contributed by atoms with Crippen molar-refractivity contribution in [2.45, 2.75) is 51.4 Å². The maximum Gasteiger partial charge on any atom is 0.117 e. The minimum absolute atomic E-state index is 0.0767. The van der Waals surface area contributed by atoms with E-state index in [1.807, 2.05) is 12.1 Å². The standard InChI is InChI=1S/C26H28N2O2/c1-18-11-13-19(14-12-18)17-28-23-9-3-2-7-21(23)25-22(8-4-10-24(25)28)26(29)27-16-20-6-5-15-30-20/h2-3,5-7,9,11-15,22,26-27,29H,4,8,10,16-17H2,1H3. The van der Waals surface area contributed by atoms with Gasteiger partial charge in [-0.25, -0.2) is 0 Å². The van der Waals surface area contributed by atoms with Crippen molar-refractivity contribution in [2.75, 3.05) is 0 Å². The van der Waals surface area contributed by atoms with Crippen LogP contribution in [0.1, 0.15) is 46.9 Å². The lowest BCUT2D eigenvalue weighted by Gasteiger charge is -2.29. The van der Waals surface area contributed by atoms with Crippen molar-refractivity contribution >= 4 is 10.9 Å². The number of nitrogens with one attached hydrogen (secondary N) is 1. The Hall–Kier alpha value is -2.82. The minimum Gasteiger partial charge on any atom is -0.468 e. The first-order chi connectivity index (χ1) is 14.7. The van der Waals surface area contributed by atoms with Gasteiger partial charge in [-0.15, -0.1) is 0 Å². The normalized spacial score (nSPS) is 17.2. The van der Waals surface area contributed by atoms with Gasteiger partial charge in [0.25, 0.3) is 0 Å². The Morgan fingerprint density at radius 3 is 2.73 bits per heavy atom. The smallest absolute Gasteiger partial charge is 0.117 e. The Labute approximate surface area is 177 Å². The van der Waals surface area contributed by atoms with Crippen LogP contribution in [0.5, 0.6) is 0 Å². The fourth-order valence-corrected chi connectivity index (χ4v) is 4.83. The van der Waals surface area contributed by atoms with E-state index >= 15 is 0 Å². The van der Waals surface area contributed by atoms with Crippen molar-refractivity contribution in [3.05, 3.63) is 95.1 Å². The molecule has 154 valence electrons. The number of nitrogens with zero attached hydrogens (tertiary/aromatic N) is 1. The monoisotopic (exact) mass is 400 g/mol. The second kappa shape index (κ2) is 8.13. The molecule has 0 saturated carbocycles. The fraction of sp³-hybridized carbons (Fsp3) is 0.308. The quantitative estimate of drug-likeness (QED) is 0.442. The summed E-state index contributed by atoms with van der Waals surface area (Å²) in [4.78, 5) is 0. The van der Waals surface area contributed by atoms with Crippen LogP contribution in [-0.4, -0.2) is 15.9 Å². The summed E-state index contributed by atoms with van der Waals surface area (Å²) < 4.78 is 7.87. The average molecular weight is 401 g/mol. The summed E-state index contributed by atoms with van der Waals surface area (Å²) in [6.45, 7) is 3.51. The highest BCUT2D eigenvalue weighted by atomic mass is 16.3. The van der Waals surface area contributed by atoms with Crippen LogP contribution in [0.4, 0.5) is 0 Å². The minimum atomic E-state index is -0.604. The van der Waals surface area contributed by atoms with Gasteiger partial charge < -0.3 is 14.1 Å². The van der Waals surface area contributed by atoms with E-state index in [1.54, 1.807) is 6.26 Å². The van der Waals surface area contributed by atoms with Crippen LogP contribution in [0.25, 0.3) is 10.9 Å². The van der Waals surface area contributed by atoms with Crippen LogP contribution in [0, 0.1) is 6.92 Å². The van der Waals surface area contributed by atoms with Crippen molar-refractivity contribution < 1.29 is 9.52 Å². The van der Waals surface area contributed by atoms with E-state index in [-0.39, 0.29) is 5.92 Å². The van der Waals surface area contributed by atoms with E-state index in [4.69, 9.17) is 4.42 Å². The number of hydrogen-bond acceptors (Lipinski definition) is 3. The maximum absolute atomic E-state index is 11.0. The number of furan rings is 1. The molecule has 4 nitrogen and oxygen atoms in total. The van der Waals surface area contributed by atoms with Crippen LogP contribution in [0.3, 0.4) is 0 Å². The fourth-order valence-electron chi connectivity index (χ4n) is 4.83. The highest BCUT2D eigenvalue weighted by Crippen LogP contribution is 2.40. The first-order valence-electron chi connectivity index (χ1n) is 10.8. The molecule has 2 atom stereocenters. The largest absolute Gasteiger partial charge is 0.468 e. The van der Waals surface area contributed by atoms with Crippen molar-refractivity contribution in [1.82, 2.24) is 9.88 Å². The zero-order chi connectivity index (χ0) is 20.5. The summed E-state index contributed by atoms with van der Waals surface area (Å²) in [5, 5.41) is 15.6. The first kappa shape index (κ1) is 19.2. The summed E-state index contributed by atoms with van der Waals surface area (Å²) in [7, 11) is 0. The highest BCUT2D eigenvalue weighted by Gasteiger charge is 2.31. The maximum atomic E-state index is 11.0. The van der Waals surface area contributed by atoms with Gasteiger partial charge in [0.1, 0.15) is 12.0 Å². The van der Waals surface area contributed by atoms with Gasteiger partial charge in [0, 0.05) is 29.1 Å². The molecule has 4 heteroatoms. The van der Waals surface area contributed by atoms with Gasteiger partial charge in [-0.2, -0.15) is 0 Å². The van der Waals surface area contributed by atoms with Gasteiger partial charge in [-0.1, -0.05) is 48.0 Å². The van der Waals surface area contributed by atoms with E-state index in [9.17, 15) is 5.11 Å². The lowest BCUT2D eigenvalue weighted by molar-refractivity contribution is 0.0960. The lowest BCUT2D eigenvalue weighted by Crippen LogP contribution is -2.36. The third kappa shape index (κ3) is 3.57. The molecule has 2 unspecified atom stereocenters. The van der Waals surface area contributed by atoms with E-state index < -0.39 is 6.23 Å². The van der Waals surface area contributed by atoms with Crippen molar-refractivity contribution in [2.24, 2.45) is 0 Å². The van der Waals surface area contributed by atoms with Crippen molar-refractivity contribution in [1.29, 1.82) is 0 Å². The topological polar surface area (TPSA) is 50.3 Å². The molecule has 0 spiro atoms. The molecule has 2 aromatic carbocycles. The van der Waals surface area contributed by atoms with Crippen LogP contribution >= 0.6 is 0 Å². The molecule has 30 heavy (non-hydrogen) atoms. The summed E-state index contributed by atoms with van der Waals surface area (Å²) in [5.41, 5.74) is 6.52. The van der Waals surface area contributed by atoms with Gasteiger partial charge in [0.15, 0.2) is 0 Å². The number of aliphatic hydroxyl groups is 1. The lowest BCUT2D eigenvalue weighted by atomic mass is 9.83. The SMILES string of the molecule is Cc1ccc(Cn2c3c(c4ccccc42)C(C(O)NCc2ccco2)CCC3)cc1. The Balaban J connectivity index is 1.50. The van der Waals surface area contributed by atoms with Crippen LogP contribution < -0.4 is 5.32 Å². The second-order valence-electron chi connectivity index (χ2n) is 8.35. The van der Waals surface area contributed by atoms with Gasteiger partial charge in [0.05, 0.1) is 12.8 Å². The molecular weight excluding hydrogens is 372 g/mol. The second-order valence-corrected chi connectivity index (χ2v) is 8.35. The summed E-state index contributed by atoms with van der Waals surface area (Å²) in [5.74, 6) is 0.916. The van der Waals surface area contributed by atoms with E-state index in [1.165, 1.54) is 33.3 Å². The Morgan fingerprint density at radius 1 is 1.10 bits per heavy atom. The molecule has 0 bridgehead atoms. The molecule has 2 heterocycles. The van der Waals surface area contributed by atoms with Gasteiger partial charge in [-0.3, -0.25) is 5.32 Å². The van der Waals surface area contributed by atoms with Gasteiger partial charge in [-0.05, 0) is 55.5 Å². The molecule has 0 amide bonds. The van der Waals surface area contributed by atoms with Crippen LogP contribution in [0.15, 0.2) is 71.3 Å². The van der Waals surface area contributed by atoms with Crippen LogP contribution in [-0.2, 0) is 19.5 Å². The molecule has 4 aromatic rings.